The topological polar surface area (TPSA) is 52.0 Å². The van der Waals surface area contributed by atoms with Crippen molar-refractivity contribution in [3.63, 3.8) is 0 Å². The van der Waals surface area contributed by atoms with Gasteiger partial charge in [0.2, 0.25) is 0 Å². The Hall–Kier alpha value is -0.730. The number of nitrogens with two attached hydrogens (primary N) is 2. The van der Waals surface area contributed by atoms with Gasteiger partial charge in [0.15, 0.2) is 0 Å². The fourth-order valence-corrected chi connectivity index (χ4v) is 2.16. The van der Waals surface area contributed by atoms with E-state index in [-0.39, 0.29) is 6.04 Å². The maximum Gasteiger partial charge on any atom is 0.0476 e. The molecule has 0 saturated heterocycles. The third kappa shape index (κ3) is 1.08. The van der Waals surface area contributed by atoms with Gasteiger partial charge >= 0.3 is 0 Å². The van der Waals surface area contributed by atoms with Gasteiger partial charge < -0.3 is 11.5 Å². The molecular formula is C9H11ClN2. The third-order valence-corrected chi connectivity index (χ3v) is 2.65. The van der Waals surface area contributed by atoms with Crippen LogP contribution in [0.2, 0.25) is 5.02 Å². The molecule has 2 nitrogen and oxygen atoms in total. The van der Waals surface area contributed by atoms with E-state index in [0.29, 0.717) is 0 Å². The third-order valence-electron chi connectivity index (χ3n) is 2.33. The highest BCUT2D eigenvalue weighted by molar-refractivity contribution is 6.31. The number of benzene rings is 1. The molecule has 3 heteroatoms. The van der Waals surface area contributed by atoms with Gasteiger partial charge in [-0.15, -0.1) is 0 Å². The Kier molecular flexibility index (Phi) is 1.74. The van der Waals surface area contributed by atoms with Crippen LogP contribution in [0.5, 0.6) is 0 Å². The number of anilines is 1. The lowest BCUT2D eigenvalue weighted by atomic mass is 10.1. The molecule has 0 aromatic heterocycles. The summed E-state index contributed by atoms with van der Waals surface area (Å²) in [6.07, 6.45) is 1.99. The van der Waals surface area contributed by atoms with E-state index < -0.39 is 0 Å². The predicted molar refractivity (Wildman–Crippen MR) is 51.1 cm³/mol. The summed E-state index contributed by atoms with van der Waals surface area (Å²) in [5, 5.41) is 0.718. The SMILES string of the molecule is Nc1cc(Cl)c2c(c1)CC[C@H]2N. The molecular weight excluding hydrogens is 172 g/mol. The number of hydrogen-bond acceptors (Lipinski definition) is 2. The van der Waals surface area contributed by atoms with E-state index in [4.69, 9.17) is 23.1 Å². The van der Waals surface area contributed by atoms with Crippen molar-refractivity contribution in [2.75, 3.05) is 5.73 Å². The number of fused-ring (bicyclic) bond motifs is 1. The van der Waals surface area contributed by atoms with Gasteiger partial charge in [-0.25, -0.2) is 0 Å². The van der Waals surface area contributed by atoms with Crippen LogP contribution in [0.25, 0.3) is 0 Å². The van der Waals surface area contributed by atoms with Crippen molar-refractivity contribution in [3.05, 3.63) is 28.3 Å². The van der Waals surface area contributed by atoms with Crippen molar-refractivity contribution in [1.82, 2.24) is 0 Å². The maximum atomic E-state index is 6.01. The Morgan fingerprint density at radius 1 is 1.42 bits per heavy atom. The van der Waals surface area contributed by atoms with E-state index >= 15 is 0 Å². The summed E-state index contributed by atoms with van der Waals surface area (Å²) in [5.41, 5.74) is 14.6. The van der Waals surface area contributed by atoms with Crippen molar-refractivity contribution in [3.8, 4) is 0 Å². The highest BCUT2D eigenvalue weighted by atomic mass is 35.5. The van der Waals surface area contributed by atoms with Crippen LogP contribution >= 0.6 is 11.6 Å². The van der Waals surface area contributed by atoms with Crippen molar-refractivity contribution < 1.29 is 0 Å². The van der Waals surface area contributed by atoms with Crippen LogP contribution in [-0.2, 0) is 6.42 Å². The Morgan fingerprint density at radius 3 is 2.92 bits per heavy atom. The first-order chi connectivity index (χ1) is 5.68. The minimum atomic E-state index is 0.105. The fourth-order valence-electron chi connectivity index (χ4n) is 1.78. The van der Waals surface area contributed by atoms with Gasteiger partial charge in [0.25, 0.3) is 0 Å². The normalized spacial score (nSPS) is 21.0. The van der Waals surface area contributed by atoms with E-state index in [1.54, 1.807) is 6.07 Å². The second-order valence-corrected chi connectivity index (χ2v) is 3.63. The summed E-state index contributed by atoms with van der Waals surface area (Å²) in [6.45, 7) is 0. The molecule has 0 amide bonds. The summed E-state index contributed by atoms with van der Waals surface area (Å²) in [7, 11) is 0. The van der Waals surface area contributed by atoms with Gasteiger partial charge in [-0.3, -0.25) is 0 Å². The van der Waals surface area contributed by atoms with Crippen LogP contribution in [0.1, 0.15) is 23.6 Å². The van der Waals surface area contributed by atoms with Crippen LogP contribution in [-0.4, -0.2) is 0 Å². The van der Waals surface area contributed by atoms with Crippen molar-refractivity contribution >= 4 is 17.3 Å². The Bertz CT molecular complexity index is 323. The van der Waals surface area contributed by atoms with Crippen LogP contribution in [0, 0.1) is 0 Å². The van der Waals surface area contributed by atoms with E-state index in [2.05, 4.69) is 0 Å². The summed E-state index contributed by atoms with van der Waals surface area (Å²) in [4.78, 5) is 0. The zero-order valence-corrected chi connectivity index (χ0v) is 7.43. The molecule has 1 aliphatic carbocycles. The van der Waals surface area contributed by atoms with Gasteiger partial charge in [-0.2, -0.15) is 0 Å². The number of nitrogen functional groups attached to an aromatic ring is 1. The lowest BCUT2D eigenvalue weighted by Crippen LogP contribution is -2.06. The lowest BCUT2D eigenvalue weighted by Gasteiger charge is -2.07. The summed E-state index contributed by atoms with van der Waals surface area (Å²) < 4.78 is 0. The molecule has 0 radical (unpaired) electrons. The second-order valence-electron chi connectivity index (χ2n) is 3.22. The number of aryl methyl sites for hydroxylation is 1. The van der Waals surface area contributed by atoms with Crippen LogP contribution < -0.4 is 11.5 Å². The first kappa shape index (κ1) is 7.90. The molecule has 1 aromatic rings. The molecule has 1 atom stereocenters. The van der Waals surface area contributed by atoms with Crippen molar-refractivity contribution in [2.45, 2.75) is 18.9 Å². The molecule has 64 valence electrons. The molecule has 0 fully saturated rings. The molecule has 0 spiro atoms. The Labute approximate surface area is 76.5 Å². The standard InChI is InChI=1S/C9H11ClN2/c10-7-4-6(11)3-5-1-2-8(12)9(5)7/h3-4,8H,1-2,11-12H2/t8-/m1/s1. The molecule has 1 aliphatic rings. The van der Waals surface area contributed by atoms with Crippen LogP contribution in [0.4, 0.5) is 5.69 Å². The zero-order valence-electron chi connectivity index (χ0n) is 6.68. The Balaban J connectivity index is 2.60. The summed E-state index contributed by atoms with van der Waals surface area (Å²) >= 11 is 6.01. The van der Waals surface area contributed by atoms with Crippen molar-refractivity contribution in [2.24, 2.45) is 5.73 Å². The first-order valence-electron chi connectivity index (χ1n) is 4.02. The smallest absolute Gasteiger partial charge is 0.0476 e. The van der Waals surface area contributed by atoms with E-state index in [9.17, 15) is 0 Å². The van der Waals surface area contributed by atoms with Gasteiger partial charge in [0, 0.05) is 16.8 Å². The average Bonchev–Trinajstić information content (AvgIpc) is 2.31. The highest BCUT2D eigenvalue weighted by Gasteiger charge is 2.21. The monoisotopic (exact) mass is 182 g/mol. The van der Waals surface area contributed by atoms with Gasteiger partial charge in [0.05, 0.1) is 0 Å². The van der Waals surface area contributed by atoms with Gasteiger partial charge in [-0.05, 0) is 36.1 Å². The number of hydrogen-bond donors (Lipinski definition) is 2. The molecule has 4 N–H and O–H groups in total. The first-order valence-corrected chi connectivity index (χ1v) is 4.39. The largest absolute Gasteiger partial charge is 0.399 e. The molecule has 1 aromatic carbocycles. The zero-order chi connectivity index (χ0) is 8.72. The number of rotatable bonds is 0. The molecule has 0 unspecified atom stereocenters. The van der Waals surface area contributed by atoms with E-state index in [0.717, 1.165) is 29.1 Å². The van der Waals surface area contributed by atoms with Crippen LogP contribution in [0.3, 0.4) is 0 Å². The number of halogens is 1. The van der Waals surface area contributed by atoms with E-state index in [1.165, 1.54) is 5.56 Å². The quantitative estimate of drug-likeness (QED) is 0.602. The molecule has 12 heavy (non-hydrogen) atoms. The second kappa shape index (κ2) is 2.64. The van der Waals surface area contributed by atoms with Gasteiger partial charge in [-0.1, -0.05) is 11.6 Å². The maximum absolute atomic E-state index is 6.01. The highest BCUT2D eigenvalue weighted by Crippen LogP contribution is 2.36. The molecule has 0 saturated carbocycles. The molecule has 0 bridgehead atoms. The molecule has 0 heterocycles. The lowest BCUT2D eigenvalue weighted by molar-refractivity contribution is 0.713. The van der Waals surface area contributed by atoms with Gasteiger partial charge in [0.1, 0.15) is 0 Å². The van der Waals surface area contributed by atoms with Crippen LogP contribution in [0.15, 0.2) is 12.1 Å². The summed E-state index contributed by atoms with van der Waals surface area (Å²) in [5.74, 6) is 0. The molecule has 0 aliphatic heterocycles. The minimum absolute atomic E-state index is 0.105. The predicted octanol–water partition coefficient (Wildman–Crippen LogP) is 1.87. The minimum Gasteiger partial charge on any atom is -0.399 e. The van der Waals surface area contributed by atoms with E-state index in [1.807, 2.05) is 6.07 Å². The Morgan fingerprint density at radius 2 is 2.17 bits per heavy atom. The molecule has 2 rings (SSSR count). The average molecular weight is 183 g/mol. The van der Waals surface area contributed by atoms with Crippen molar-refractivity contribution in [1.29, 1.82) is 0 Å². The summed E-state index contributed by atoms with van der Waals surface area (Å²) in [6, 6.07) is 3.84. The fraction of sp³-hybridized carbons (Fsp3) is 0.333.